The van der Waals surface area contributed by atoms with Gasteiger partial charge in [-0.2, -0.15) is 9.97 Å². The van der Waals surface area contributed by atoms with Gasteiger partial charge in [-0.25, -0.2) is 9.97 Å². The average molecular weight is 882 g/mol. The number of nitrogens with zero attached hydrogens (tertiary/aromatic N) is 6. The molecule has 2 aromatic heterocycles. The van der Waals surface area contributed by atoms with E-state index < -0.39 is 73.0 Å². The van der Waals surface area contributed by atoms with Crippen molar-refractivity contribution in [2.45, 2.75) is 116 Å². The molecule has 6 rings (SSSR count). The summed E-state index contributed by atoms with van der Waals surface area (Å²) in [6.45, 7) is 8.63. The van der Waals surface area contributed by atoms with Crippen molar-refractivity contribution >= 4 is 86.8 Å². The van der Waals surface area contributed by atoms with E-state index in [0.717, 1.165) is 0 Å². The number of fused-ring (bicyclic) bond motifs is 2. The lowest BCUT2D eigenvalue weighted by atomic mass is 10.1. The first-order valence-electron chi connectivity index (χ1n) is 17.5. The SMILES string of the molecule is C#CCBr.CC[C@H]1O[C@@H](N2C(=O)Cc3c(Cl)nc(N)nc32)[C@H](OC(C)=O)[C@H]1OC(C)=O.CC[C@H]1O[C@@H](N2C(=O)Cc3cnc(N)nc32)[C@H](OC(C)=O)[C@H]1OC(C)=O. The van der Waals surface area contributed by atoms with Crippen molar-refractivity contribution in [1.82, 2.24) is 19.9 Å². The number of ether oxygens (including phenoxy) is 6. The van der Waals surface area contributed by atoms with Gasteiger partial charge in [-0.15, -0.1) is 6.42 Å². The van der Waals surface area contributed by atoms with E-state index in [9.17, 15) is 28.8 Å². The molecule has 22 heteroatoms. The highest BCUT2D eigenvalue weighted by Crippen LogP contribution is 2.40. The van der Waals surface area contributed by atoms with Crippen LogP contribution in [0.15, 0.2) is 6.20 Å². The van der Waals surface area contributed by atoms with Crippen LogP contribution < -0.4 is 21.3 Å². The van der Waals surface area contributed by atoms with Crippen molar-refractivity contribution in [3.8, 4) is 12.3 Å². The molecule has 20 nitrogen and oxygen atoms in total. The Balaban J connectivity index is 0.000000231. The third-order valence-electron chi connectivity index (χ3n) is 8.65. The Morgan fingerprint density at radius 1 is 0.789 bits per heavy atom. The predicted molar refractivity (Wildman–Crippen MR) is 203 cm³/mol. The van der Waals surface area contributed by atoms with Gasteiger partial charge in [0.15, 0.2) is 36.9 Å². The highest BCUT2D eigenvalue weighted by Gasteiger charge is 2.55. The zero-order valence-corrected chi connectivity index (χ0v) is 34.1. The van der Waals surface area contributed by atoms with Gasteiger partial charge >= 0.3 is 23.9 Å². The molecule has 2 amide bonds. The van der Waals surface area contributed by atoms with Crippen molar-refractivity contribution in [2.24, 2.45) is 0 Å². The quantitative estimate of drug-likeness (QED) is 0.125. The number of terminal acetylenes is 1. The highest BCUT2D eigenvalue weighted by molar-refractivity contribution is 9.09. The number of carbonyl (C=O) groups is 6. The van der Waals surface area contributed by atoms with Crippen molar-refractivity contribution in [3.05, 3.63) is 22.5 Å². The van der Waals surface area contributed by atoms with Crippen LogP contribution in [-0.2, 0) is 70.0 Å². The first kappa shape index (κ1) is 44.5. The Hall–Kier alpha value is -5.17. The number of nitrogen functional groups attached to an aromatic ring is 2. The van der Waals surface area contributed by atoms with Gasteiger partial charge in [0.25, 0.3) is 0 Å². The molecule has 2 fully saturated rings. The summed E-state index contributed by atoms with van der Waals surface area (Å²) in [5, 5.41) is 0.728. The second kappa shape index (κ2) is 19.3. The topological polar surface area (TPSA) is 268 Å². The Morgan fingerprint density at radius 3 is 1.65 bits per heavy atom. The van der Waals surface area contributed by atoms with Crippen LogP contribution in [-0.4, -0.2) is 110 Å². The lowest BCUT2D eigenvalue weighted by Gasteiger charge is -2.28. The van der Waals surface area contributed by atoms with E-state index in [-0.39, 0.29) is 47.5 Å². The number of rotatable bonds is 8. The fraction of sp³-hybridized carbons (Fsp3) is 0.543. The number of carbonyl (C=O) groups excluding carboxylic acids is 6. The summed E-state index contributed by atoms with van der Waals surface area (Å²) >= 11 is 9.09. The number of hydrogen-bond acceptors (Lipinski definition) is 18. The lowest BCUT2D eigenvalue weighted by molar-refractivity contribution is -0.164. The van der Waals surface area contributed by atoms with E-state index >= 15 is 0 Å². The van der Waals surface area contributed by atoms with E-state index in [4.69, 9.17) is 57.9 Å². The summed E-state index contributed by atoms with van der Waals surface area (Å²) in [7, 11) is 0. The normalized spacial score (nSPS) is 25.5. The maximum Gasteiger partial charge on any atom is 0.303 e. The van der Waals surface area contributed by atoms with Gasteiger partial charge in [0.1, 0.15) is 29.0 Å². The summed E-state index contributed by atoms with van der Waals surface area (Å²) in [6.07, 6.45) is 0.372. The molecular formula is C35H42BrClN8O12. The minimum Gasteiger partial charge on any atom is -0.456 e. The monoisotopic (exact) mass is 880 g/mol. The van der Waals surface area contributed by atoms with Crippen LogP contribution in [0.2, 0.25) is 5.15 Å². The molecule has 2 aromatic rings. The Kier molecular flexibility index (Phi) is 15.1. The van der Waals surface area contributed by atoms with E-state index in [2.05, 4.69) is 41.8 Å². The molecule has 6 heterocycles. The number of halogens is 2. The summed E-state index contributed by atoms with van der Waals surface area (Å²) in [5.74, 6) is -0.176. The van der Waals surface area contributed by atoms with Gasteiger partial charge in [-0.1, -0.05) is 47.3 Å². The minimum atomic E-state index is -1.04. The van der Waals surface area contributed by atoms with Crippen molar-refractivity contribution in [3.63, 3.8) is 0 Å². The molecule has 4 aliphatic heterocycles. The molecule has 308 valence electrons. The fourth-order valence-corrected chi connectivity index (χ4v) is 6.83. The summed E-state index contributed by atoms with van der Waals surface area (Å²) in [4.78, 5) is 90.0. The molecular weight excluding hydrogens is 840 g/mol. The number of anilines is 4. The largest absolute Gasteiger partial charge is 0.456 e. The third-order valence-corrected chi connectivity index (χ3v) is 9.28. The van der Waals surface area contributed by atoms with Gasteiger partial charge in [0.2, 0.25) is 23.7 Å². The predicted octanol–water partition coefficient (Wildman–Crippen LogP) is 1.56. The minimum absolute atomic E-state index is 0.00839. The van der Waals surface area contributed by atoms with Crippen LogP contribution in [0, 0.1) is 12.3 Å². The van der Waals surface area contributed by atoms with Crippen molar-refractivity contribution in [1.29, 1.82) is 0 Å². The molecule has 4 N–H and O–H groups in total. The molecule has 0 aliphatic carbocycles. The maximum absolute atomic E-state index is 12.7. The summed E-state index contributed by atoms with van der Waals surface area (Å²) < 4.78 is 33.3. The standard InChI is InChI=1S/C16H19ClN4O6.C16H20N4O6.C3H3Br/c1-4-9-11(25-6(2)22)12(26-7(3)23)15(27-9)21-10(24)5-8-13(17)19-16(18)20-14(8)21;1-4-10-12(24-7(2)21)13(25-8(3)22)15(26-10)20-11(23)5-9-6-18-16(17)19-14(9)20;1-2-3-4/h9,11-12,15H,4-5H2,1-3H3,(H2,18,19,20);6,10,12-13,15H,4-5H2,1-3H3,(H2,17,18,19);1H,3H2/t9-,11+,12-,15-;10-,12+,13-,15-;/m11./s1. The first-order valence-corrected chi connectivity index (χ1v) is 19.0. The molecule has 4 aliphatic rings. The second-order valence-corrected chi connectivity index (χ2v) is 13.6. The Labute approximate surface area is 340 Å². The third kappa shape index (κ3) is 10.2. The van der Waals surface area contributed by atoms with E-state index in [1.165, 1.54) is 43.7 Å². The van der Waals surface area contributed by atoms with Crippen molar-refractivity contribution < 1.29 is 57.2 Å². The zero-order valence-electron chi connectivity index (χ0n) is 31.8. The molecule has 0 spiro atoms. The van der Waals surface area contributed by atoms with Gasteiger partial charge in [0.05, 0.1) is 18.2 Å². The smallest absolute Gasteiger partial charge is 0.303 e. The molecule has 57 heavy (non-hydrogen) atoms. The number of amides is 2. The molecule has 0 bridgehead atoms. The van der Waals surface area contributed by atoms with Crippen LogP contribution in [0.4, 0.5) is 23.5 Å². The lowest BCUT2D eigenvalue weighted by Crippen LogP contribution is -2.49. The van der Waals surface area contributed by atoms with Crippen LogP contribution in [0.3, 0.4) is 0 Å². The van der Waals surface area contributed by atoms with Crippen LogP contribution >= 0.6 is 27.5 Å². The maximum atomic E-state index is 12.7. The number of alkyl halides is 1. The molecule has 0 radical (unpaired) electrons. The second-order valence-electron chi connectivity index (χ2n) is 12.7. The van der Waals surface area contributed by atoms with Crippen molar-refractivity contribution in [2.75, 3.05) is 26.6 Å². The number of hydrogen-bond donors (Lipinski definition) is 2. The highest BCUT2D eigenvalue weighted by atomic mass is 79.9. The molecule has 2 saturated heterocycles. The van der Waals surface area contributed by atoms with E-state index in [1.54, 1.807) is 0 Å². The van der Waals surface area contributed by atoms with Crippen LogP contribution in [0.5, 0.6) is 0 Å². The van der Waals surface area contributed by atoms with Crippen LogP contribution in [0.25, 0.3) is 0 Å². The summed E-state index contributed by atoms with van der Waals surface area (Å²) in [6, 6.07) is 0. The van der Waals surface area contributed by atoms with E-state index in [0.29, 0.717) is 35.1 Å². The molecule has 0 unspecified atom stereocenters. The van der Waals surface area contributed by atoms with Gasteiger partial charge in [-0.3, -0.25) is 38.6 Å². The van der Waals surface area contributed by atoms with E-state index in [1.807, 2.05) is 13.8 Å². The number of esters is 4. The van der Waals surface area contributed by atoms with Gasteiger partial charge < -0.3 is 39.9 Å². The number of aromatic nitrogens is 4. The van der Waals surface area contributed by atoms with Gasteiger partial charge in [0, 0.05) is 45.0 Å². The van der Waals surface area contributed by atoms with Gasteiger partial charge in [-0.05, 0) is 12.8 Å². The zero-order chi connectivity index (χ0) is 42.3. The number of nitrogens with two attached hydrogens (primary N) is 2. The first-order chi connectivity index (χ1) is 26.9. The van der Waals surface area contributed by atoms with Crippen LogP contribution in [0.1, 0.15) is 65.5 Å². The Morgan fingerprint density at radius 2 is 1.21 bits per heavy atom. The molecule has 0 aromatic carbocycles. The molecule has 0 saturated carbocycles. The summed E-state index contributed by atoms with van der Waals surface area (Å²) in [5.41, 5.74) is 12.3. The average Bonchev–Trinajstić information content (AvgIpc) is 3.84. The molecule has 8 atom stereocenters. The Bertz CT molecular complexity index is 1930. The fourth-order valence-electron chi connectivity index (χ4n) is 6.59.